The number of aromatic nitrogens is 7. The molecular formula is C19H18N8O3S. The second-order valence-electron chi connectivity index (χ2n) is 6.54. The van der Waals surface area contributed by atoms with Crippen LogP contribution in [0.2, 0.25) is 0 Å². The molecule has 0 fully saturated rings. The molecule has 0 aliphatic rings. The number of rotatable bonds is 7. The lowest BCUT2D eigenvalue weighted by atomic mass is 10.3. The minimum atomic E-state index is -0.821. The zero-order chi connectivity index (χ0) is 21.8. The van der Waals surface area contributed by atoms with Crippen LogP contribution in [0.15, 0.2) is 64.0 Å². The standard InChI is InChI=1S/C19H18N8O3S/c1-13(27-18(29)6-4-14(23-27)15-3-2-10-31-15)19(30)21-8-9-25-17(28)7-5-16(24-25)26-12-20-11-22-26/h2-7,10-13H,8-9H2,1H3,(H,21,30)/t13-/m0/s1. The van der Waals surface area contributed by atoms with Gasteiger partial charge in [0.15, 0.2) is 5.82 Å². The molecule has 4 rings (SSSR count). The van der Waals surface area contributed by atoms with Crippen LogP contribution in [-0.2, 0) is 11.3 Å². The van der Waals surface area contributed by atoms with Crippen molar-refractivity contribution in [3.05, 3.63) is 75.1 Å². The lowest BCUT2D eigenvalue weighted by molar-refractivity contribution is -0.124. The van der Waals surface area contributed by atoms with Gasteiger partial charge >= 0.3 is 0 Å². The maximum atomic E-state index is 12.6. The van der Waals surface area contributed by atoms with Gasteiger partial charge in [-0.3, -0.25) is 14.4 Å². The summed E-state index contributed by atoms with van der Waals surface area (Å²) >= 11 is 1.50. The molecule has 1 amide bonds. The summed E-state index contributed by atoms with van der Waals surface area (Å²) in [5.41, 5.74) is -0.0657. The molecule has 1 atom stereocenters. The van der Waals surface area contributed by atoms with Crippen molar-refractivity contribution >= 4 is 17.2 Å². The zero-order valence-electron chi connectivity index (χ0n) is 16.5. The molecule has 0 unspecified atom stereocenters. The third-order valence-corrected chi connectivity index (χ3v) is 5.37. The van der Waals surface area contributed by atoms with E-state index < -0.39 is 11.9 Å². The lowest BCUT2D eigenvalue weighted by Gasteiger charge is -2.15. The highest BCUT2D eigenvalue weighted by molar-refractivity contribution is 7.13. The summed E-state index contributed by atoms with van der Waals surface area (Å²) in [4.78, 5) is 41.6. The number of thiophene rings is 1. The fraction of sp³-hybridized carbons (Fsp3) is 0.211. The van der Waals surface area contributed by atoms with Crippen molar-refractivity contribution in [1.29, 1.82) is 0 Å². The lowest BCUT2D eigenvalue weighted by Crippen LogP contribution is -2.39. The quantitative estimate of drug-likeness (QED) is 0.444. The van der Waals surface area contributed by atoms with Crippen molar-refractivity contribution in [3.8, 4) is 16.4 Å². The van der Waals surface area contributed by atoms with Crippen molar-refractivity contribution in [2.24, 2.45) is 0 Å². The van der Waals surface area contributed by atoms with Gasteiger partial charge in [-0.25, -0.2) is 19.0 Å². The molecule has 0 radical (unpaired) electrons. The van der Waals surface area contributed by atoms with Gasteiger partial charge in [0.1, 0.15) is 24.4 Å². The summed E-state index contributed by atoms with van der Waals surface area (Å²) in [7, 11) is 0. The van der Waals surface area contributed by atoms with E-state index in [1.807, 2.05) is 17.5 Å². The van der Waals surface area contributed by atoms with Gasteiger partial charge in [0, 0.05) is 18.7 Å². The van der Waals surface area contributed by atoms with Crippen molar-refractivity contribution in [1.82, 2.24) is 39.6 Å². The van der Waals surface area contributed by atoms with Crippen LogP contribution < -0.4 is 16.4 Å². The number of amides is 1. The Morgan fingerprint density at radius 1 is 1.13 bits per heavy atom. The Morgan fingerprint density at radius 3 is 2.71 bits per heavy atom. The maximum absolute atomic E-state index is 12.6. The monoisotopic (exact) mass is 438 g/mol. The van der Waals surface area contributed by atoms with E-state index in [2.05, 4.69) is 25.6 Å². The van der Waals surface area contributed by atoms with Gasteiger partial charge < -0.3 is 5.32 Å². The molecule has 4 heterocycles. The van der Waals surface area contributed by atoms with E-state index in [0.717, 1.165) is 9.56 Å². The Kier molecular flexibility index (Phi) is 5.80. The largest absolute Gasteiger partial charge is 0.352 e. The second-order valence-corrected chi connectivity index (χ2v) is 7.49. The minimum Gasteiger partial charge on any atom is -0.352 e. The normalized spacial score (nSPS) is 11.9. The molecular weight excluding hydrogens is 420 g/mol. The number of hydrogen-bond donors (Lipinski definition) is 1. The Morgan fingerprint density at radius 2 is 1.97 bits per heavy atom. The van der Waals surface area contributed by atoms with E-state index >= 15 is 0 Å². The smallest absolute Gasteiger partial charge is 0.267 e. The Hall–Kier alpha value is -3.93. The summed E-state index contributed by atoms with van der Waals surface area (Å²) in [5.74, 6) is 0.0383. The zero-order valence-corrected chi connectivity index (χ0v) is 17.3. The van der Waals surface area contributed by atoms with Crippen LogP contribution in [-0.4, -0.2) is 46.8 Å². The average molecular weight is 438 g/mol. The number of nitrogens with one attached hydrogen (secondary N) is 1. The van der Waals surface area contributed by atoms with E-state index in [1.165, 1.54) is 51.6 Å². The third-order valence-electron chi connectivity index (χ3n) is 4.47. The first kappa shape index (κ1) is 20.3. The van der Waals surface area contributed by atoms with Crippen LogP contribution in [0, 0.1) is 0 Å². The molecule has 11 nitrogen and oxygen atoms in total. The fourth-order valence-corrected chi connectivity index (χ4v) is 3.54. The minimum absolute atomic E-state index is 0.149. The number of carbonyl (C=O) groups excluding carboxylic acids is 1. The van der Waals surface area contributed by atoms with E-state index in [4.69, 9.17) is 0 Å². The average Bonchev–Trinajstić information content (AvgIpc) is 3.49. The van der Waals surface area contributed by atoms with Gasteiger partial charge in [-0.05, 0) is 30.5 Å². The van der Waals surface area contributed by atoms with Crippen molar-refractivity contribution < 1.29 is 4.79 Å². The highest BCUT2D eigenvalue weighted by Crippen LogP contribution is 2.21. The van der Waals surface area contributed by atoms with Gasteiger partial charge in [-0.1, -0.05) is 6.07 Å². The van der Waals surface area contributed by atoms with Crippen molar-refractivity contribution in [3.63, 3.8) is 0 Å². The second kappa shape index (κ2) is 8.83. The molecule has 0 aliphatic carbocycles. The first-order chi connectivity index (χ1) is 15.0. The van der Waals surface area contributed by atoms with Gasteiger partial charge in [-0.15, -0.1) is 16.4 Å². The Balaban J connectivity index is 1.43. The third kappa shape index (κ3) is 4.48. The first-order valence-corrected chi connectivity index (χ1v) is 10.3. The Labute approximate surface area is 179 Å². The predicted octanol–water partition coefficient (Wildman–Crippen LogP) is 0.487. The molecule has 1 N–H and O–H groups in total. The molecule has 4 aromatic heterocycles. The van der Waals surface area contributed by atoms with Crippen LogP contribution in [0.1, 0.15) is 13.0 Å². The van der Waals surface area contributed by atoms with E-state index in [1.54, 1.807) is 13.0 Å². The molecule has 12 heteroatoms. The van der Waals surface area contributed by atoms with Crippen LogP contribution in [0.5, 0.6) is 0 Å². The van der Waals surface area contributed by atoms with E-state index in [9.17, 15) is 14.4 Å². The molecule has 0 saturated carbocycles. The summed E-state index contributed by atoms with van der Waals surface area (Å²) in [6, 6.07) is 8.89. The fourth-order valence-electron chi connectivity index (χ4n) is 2.85. The van der Waals surface area contributed by atoms with Gasteiger partial charge in [0.2, 0.25) is 5.91 Å². The molecule has 0 aliphatic heterocycles. The van der Waals surface area contributed by atoms with Crippen LogP contribution in [0.4, 0.5) is 0 Å². The van der Waals surface area contributed by atoms with Crippen molar-refractivity contribution in [2.45, 2.75) is 19.5 Å². The van der Waals surface area contributed by atoms with E-state index in [-0.39, 0.29) is 24.2 Å². The molecule has 0 bridgehead atoms. The Bertz CT molecular complexity index is 1290. The summed E-state index contributed by atoms with van der Waals surface area (Å²) in [6.07, 6.45) is 2.83. The van der Waals surface area contributed by atoms with E-state index in [0.29, 0.717) is 11.5 Å². The molecule has 0 aromatic carbocycles. The molecule has 0 saturated heterocycles. The van der Waals surface area contributed by atoms with Crippen LogP contribution in [0.3, 0.4) is 0 Å². The SMILES string of the molecule is C[C@@H](C(=O)NCCn1nc(-n2cncn2)ccc1=O)n1nc(-c2cccs2)ccc1=O. The van der Waals surface area contributed by atoms with Crippen molar-refractivity contribution in [2.75, 3.05) is 6.54 Å². The maximum Gasteiger partial charge on any atom is 0.267 e. The number of nitrogens with zero attached hydrogens (tertiary/aromatic N) is 7. The first-order valence-electron chi connectivity index (χ1n) is 9.37. The summed E-state index contributed by atoms with van der Waals surface area (Å²) in [6.45, 7) is 1.89. The highest BCUT2D eigenvalue weighted by Gasteiger charge is 2.18. The molecule has 31 heavy (non-hydrogen) atoms. The molecule has 4 aromatic rings. The molecule has 158 valence electrons. The summed E-state index contributed by atoms with van der Waals surface area (Å²) in [5, 5.41) is 17.2. The topological polar surface area (TPSA) is 130 Å². The highest BCUT2D eigenvalue weighted by atomic mass is 32.1. The predicted molar refractivity (Wildman–Crippen MR) is 113 cm³/mol. The van der Waals surface area contributed by atoms with Gasteiger partial charge in [0.05, 0.1) is 11.4 Å². The van der Waals surface area contributed by atoms with Gasteiger partial charge in [-0.2, -0.15) is 10.2 Å². The number of carbonyl (C=O) groups is 1. The summed E-state index contributed by atoms with van der Waals surface area (Å²) < 4.78 is 3.80. The number of hydrogen-bond acceptors (Lipinski definition) is 8. The molecule has 0 spiro atoms. The van der Waals surface area contributed by atoms with Crippen LogP contribution >= 0.6 is 11.3 Å². The van der Waals surface area contributed by atoms with Gasteiger partial charge in [0.25, 0.3) is 11.1 Å². The van der Waals surface area contributed by atoms with Crippen LogP contribution in [0.25, 0.3) is 16.4 Å².